The van der Waals surface area contributed by atoms with Gasteiger partial charge in [0.2, 0.25) is 0 Å². The van der Waals surface area contributed by atoms with Crippen molar-refractivity contribution in [2.75, 3.05) is 6.61 Å². The number of hydrogen-bond acceptors (Lipinski definition) is 3. The van der Waals surface area contributed by atoms with Gasteiger partial charge in [-0.15, -0.1) is 0 Å². The molecule has 0 radical (unpaired) electrons. The van der Waals surface area contributed by atoms with E-state index in [-0.39, 0.29) is 5.78 Å². The number of ketones is 1. The van der Waals surface area contributed by atoms with Crippen molar-refractivity contribution < 1.29 is 9.53 Å². The Hall–Kier alpha value is -0.740. The first-order chi connectivity index (χ1) is 9.87. The van der Waals surface area contributed by atoms with Crippen LogP contribution in [0, 0.1) is 5.41 Å². The molecule has 0 N–H and O–H groups in total. The van der Waals surface area contributed by atoms with Crippen molar-refractivity contribution in [3.8, 4) is 0 Å². The lowest BCUT2D eigenvalue weighted by molar-refractivity contribution is -0.151. The zero-order chi connectivity index (χ0) is 15.5. The number of Topliss-reactive ketones (excluding diaryl/α,β-unsaturated/α-hetero) is 1. The highest BCUT2D eigenvalue weighted by Crippen LogP contribution is 2.42. The van der Waals surface area contributed by atoms with E-state index >= 15 is 0 Å². The fourth-order valence-corrected chi connectivity index (χ4v) is 3.18. The second-order valence-corrected chi connectivity index (χ2v) is 7.57. The Morgan fingerprint density at radius 3 is 2.48 bits per heavy atom. The van der Waals surface area contributed by atoms with Crippen LogP contribution in [0.3, 0.4) is 0 Å². The molecule has 0 aliphatic heterocycles. The lowest BCUT2D eigenvalue weighted by Gasteiger charge is -2.42. The molecule has 1 aliphatic rings. The van der Waals surface area contributed by atoms with Gasteiger partial charge in [0.15, 0.2) is 5.78 Å². The van der Waals surface area contributed by atoms with Crippen LogP contribution >= 0.6 is 15.9 Å². The van der Waals surface area contributed by atoms with Gasteiger partial charge in [0.1, 0.15) is 5.60 Å². The summed E-state index contributed by atoms with van der Waals surface area (Å²) >= 11 is 3.36. The van der Waals surface area contributed by atoms with Gasteiger partial charge < -0.3 is 4.74 Å². The molecule has 0 bridgehead atoms. The third-order valence-electron chi connectivity index (χ3n) is 4.47. The first-order valence-electron chi connectivity index (χ1n) is 7.65. The molecule has 1 aromatic heterocycles. The molecule has 1 heterocycles. The SMILES string of the molecule is CCOC1(C(=O)Cc2ccc(Br)cn2)CCC(C)(C)CC1. The Balaban J connectivity index is 2.11. The number of pyridine rings is 1. The first-order valence-corrected chi connectivity index (χ1v) is 8.44. The molecule has 0 saturated heterocycles. The molecule has 1 aliphatic carbocycles. The van der Waals surface area contributed by atoms with E-state index in [9.17, 15) is 4.79 Å². The molecule has 0 amide bonds. The predicted molar refractivity (Wildman–Crippen MR) is 87.3 cm³/mol. The predicted octanol–water partition coefficient (Wildman–Crippen LogP) is 4.33. The molecular weight excluding hydrogens is 330 g/mol. The maximum atomic E-state index is 12.8. The summed E-state index contributed by atoms with van der Waals surface area (Å²) in [6.45, 7) is 7.08. The molecule has 1 saturated carbocycles. The van der Waals surface area contributed by atoms with Gasteiger partial charge >= 0.3 is 0 Å². The number of aromatic nitrogens is 1. The van der Waals surface area contributed by atoms with E-state index in [2.05, 4.69) is 34.8 Å². The number of hydrogen-bond donors (Lipinski definition) is 0. The molecular formula is C17H24BrNO2. The molecule has 0 unspecified atom stereocenters. The van der Waals surface area contributed by atoms with Crippen molar-refractivity contribution in [3.63, 3.8) is 0 Å². The highest BCUT2D eigenvalue weighted by Gasteiger charge is 2.44. The molecule has 3 nitrogen and oxygen atoms in total. The molecule has 21 heavy (non-hydrogen) atoms. The zero-order valence-corrected chi connectivity index (χ0v) is 14.7. The summed E-state index contributed by atoms with van der Waals surface area (Å²) in [5.41, 5.74) is 0.530. The lowest BCUT2D eigenvalue weighted by Crippen LogP contribution is -2.47. The van der Waals surface area contributed by atoms with Crippen LogP contribution in [-0.2, 0) is 16.0 Å². The van der Waals surface area contributed by atoms with Crippen LogP contribution in [0.5, 0.6) is 0 Å². The third kappa shape index (κ3) is 4.13. The summed E-state index contributed by atoms with van der Waals surface area (Å²) in [6.07, 6.45) is 5.80. The van der Waals surface area contributed by atoms with Gasteiger partial charge in [0.25, 0.3) is 0 Å². The van der Waals surface area contributed by atoms with Crippen LogP contribution in [-0.4, -0.2) is 23.0 Å². The van der Waals surface area contributed by atoms with Crippen molar-refractivity contribution in [3.05, 3.63) is 28.5 Å². The minimum atomic E-state index is -0.598. The summed E-state index contributed by atoms with van der Waals surface area (Å²) < 4.78 is 6.86. The van der Waals surface area contributed by atoms with Gasteiger partial charge in [-0.2, -0.15) is 0 Å². The van der Waals surface area contributed by atoms with Gasteiger partial charge in [-0.25, -0.2) is 0 Å². The molecule has 1 aromatic rings. The monoisotopic (exact) mass is 353 g/mol. The van der Waals surface area contributed by atoms with Crippen molar-refractivity contribution in [1.82, 2.24) is 4.98 Å². The zero-order valence-electron chi connectivity index (χ0n) is 13.1. The number of halogens is 1. The molecule has 0 aromatic carbocycles. The highest BCUT2D eigenvalue weighted by atomic mass is 79.9. The molecule has 4 heteroatoms. The Morgan fingerprint density at radius 2 is 1.95 bits per heavy atom. The molecule has 0 spiro atoms. The lowest BCUT2D eigenvalue weighted by atomic mass is 9.69. The number of rotatable bonds is 5. The van der Waals surface area contributed by atoms with E-state index in [0.29, 0.717) is 18.4 Å². The Morgan fingerprint density at radius 1 is 1.29 bits per heavy atom. The van der Waals surface area contributed by atoms with E-state index in [1.807, 2.05) is 19.1 Å². The summed E-state index contributed by atoms with van der Waals surface area (Å²) in [5, 5.41) is 0. The second kappa shape index (κ2) is 6.57. The number of carbonyl (C=O) groups is 1. The minimum Gasteiger partial charge on any atom is -0.367 e. The number of nitrogens with zero attached hydrogens (tertiary/aromatic N) is 1. The van der Waals surface area contributed by atoms with Crippen LogP contribution in [0.25, 0.3) is 0 Å². The van der Waals surface area contributed by atoms with Crippen LogP contribution in [0.1, 0.15) is 52.1 Å². The second-order valence-electron chi connectivity index (χ2n) is 6.66. The van der Waals surface area contributed by atoms with Crippen LogP contribution in [0.2, 0.25) is 0 Å². The summed E-state index contributed by atoms with van der Waals surface area (Å²) in [5.74, 6) is 0.176. The van der Waals surface area contributed by atoms with Crippen LogP contribution in [0.4, 0.5) is 0 Å². The van der Waals surface area contributed by atoms with Gasteiger partial charge in [0.05, 0.1) is 6.42 Å². The maximum absolute atomic E-state index is 12.8. The van der Waals surface area contributed by atoms with E-state index in [1.54, 1.807) is 6.20 Å². The normalized spacial score (nSPS) is 20.2. The molecule has 0 atom stereocenters. The quantitative estimate of drug-likeness (QED) is 0.790. The smallest absolute Gasteiger partial charge is 0.170 e. The van der Waals surface area contributed by atoms with Crippen LogP contribution in [0.15, 0.2) is 22.8 Å². The topological polar surface area (TPSA) is 39.2 Å². The van der Waals surface area contributed by atoms with E-state index in [0.717, 1.165) is 35.8 Å². The number of carbonyl (C=O) groups excluding carboxylic acids is 1. The van der Waals surface area contributed by atoms with Crippen LogP contribution < -0.4 is 0 Å². The average Bonchev–Trinajstić information content (AvgIpc) is 2.44. The maximum Gasteiger partial charge on any atom is 0.170 e. The van der Waals surface area contributed by atoms with Gasteiger partial charge in [-0.1, -0.05) is 13.8 Å². The summed E-state index contributed by atoms with van der Waals surface area (Å²) in [6, 6.07) is 3.82. The van der Waals surface area contributed by atoms with E-state index < -0.39 is 5.60 Å². The fraction of sp³-hybridized carbons (Fsp3) is 0.647. The standard InChI is InChI=1S/C17H24BrNO2/c1-4-21-17(9-7-16(2,3)8-10-17)15(20)11-14-6-5-13(18)12-19-14/h5-6,12H,4,7-11H2,1-3H3. The Kier molecular flexibility index (Phi) is 5.20. The molecule has 1 fully saturated rings. The van der Waals surface area contributed by atoms with Gasteiger partial charge in [0, 0.05) is 23.0 Å². The Bertz CT molecular complexity index is 486. The summed E-state index contributed by atoms with van der Waals surface area (Å²) in [4.78, 5) is 17.1. The first kappa shape index (κ1) is 16.6. The van der Waals surface area contributed by atoms with Crippen molar-refractivity contribution in [2.45, 2.75) is 58.5 Å². The average molecular weight is 354 g/mol. The van der Waals surface area contributed by atoms with Crippen molar-refractivity contribution in [2.24, 2.45) is 5.41 Å². The summed E-state index contributed by atoms with van der Waals surface area (Å²) in [7, 11) is 0. The Labute approximate surface area is 135 Å². The largest absolute Gasteiger partial charge is 0.367 e. The van der Waals surface area contributed by atoms with Gasteiger partial charge in [-0.3, -0.25) is 9.78 Å². The molecule has 2 rings (SSSR count). The fourth-order valence-electron chi connectivity index (χ4n) is 2.95. The minimum absolute atomic E-state index is 0.176. The van der Waals surface area contributed by atoms with E-state index in [4.69, 9.17) is 4.74 Å². The third-order valence-corrected chi connectivity index (χ3v) is 4.94. The number of ether oxygens (including phenoxy) is 1. The van der Waals surface area contributed by atoms with Crippen molar-refractivity contribution in [1.29, 1.82) is 0 Å². The van der Waals surface area contributed by atoms with Crippen molar-refractivity contribution >= 4 is 21.7 Å². The van der Waals surface area contributed by atoms with Gasteiger partial charge in [-0.05, 0) is 66.1 Å². The molecule has 116 valence electrons. The van der Waals surface area contributed by atoms with E-state index in [1.165, 1.54) is 0 Å². The highest BCUT2D eigenvalue weighted by molar-refractivity contribution is 9.10.